The van der Waals surface area contributed by atoms with Crippen molar-refractivity contribution in [2.45, 2.75) is 52.5 Å². The maximum Gasteiger partial charge on any atom is 0.226 e. The lowest BCUT2D eigenvalue weighted by atomic mass is 10.1. The molecule has 0 spiro atoms. The summed E-state index contributed by atoms with van der Waals surface area (Å²) in [4.78, 5) is 14.5. The SMILES string of the molecule is CC(C)n1ccc(CC(=O)NC[C@@H](C)CN2CCCCC2)n1. The summed E-state index contributed by atoms with van der Waals surface area (Å²) < 4.78 is 1.89. The molecule has 1 aliphatic heterocycles. The number of hydrogen-bond acceptors (Lipinski definition) is 3. The Morgan fingerprint density at radius 2 is 2.00 bits per heavy atom. The van der Waals surface area contributed by atoms with Gasteiger partial charge in [-0.15, -0.1) is 0 Å². The summed E-state index contributed by atoms with van der Waals surface area (Å²) in [6.45, 7) is 10.6. The van der Waals surface area contributed by atoms with Gasteiger partial charge >= 0.3 is 0 Å². The van der Waals surface area contributed by atoms with Crippen molar-refractivity contribution >= 4 is 5.91 Å². The molecule has 0 bridgehead atoms. The van der Waals surface area contributed by atoms with Gasteiger partial charge in [-0.25, -0.2) is 0 Å². The third kappa shape index (κ3) is 5.44. The van der Waals surface area contributed by atoms with E-state index < -0.39 is 0 Å². The molecule has 124 valence electrons. The number of rotatable bonds is 7. The molecular formula is C17H30N4O. The first-order chi connectivity index (χ1) is 10.5. The number of piperidine rings is 1. The number of carbonyl (C=O) groups excluding carboxylic acids is 1. The molecule has 0 aromatic carbocycles. The number of nitrogens with zero attached hydrogens (tertiary/aromatic N) is 3. The molecule has 22 heavy (non-hydrogen) atoms. The largest absolute Gasteiger partial charge is 0.355 e. The fourth-order valence-electron chi connectivity index (χ4n) is 2.92. The van der Waals surface area contributed by atoms with E-state index in [-0.39, 0.29) is 5.91 Å². The van der Waals surface area contributed by atoms with Crippen molar-refractivity contribution in [3.8, 4) is 0 Å². The Morgan fingerprint density at radius 1 is 1.27 bits per heavy atom. The molecule has 1 atom stereocenters. The van der Waals surface area contributed by atoms with Crippen LogP contribution < -0.4 is 5.32 Å². The van der Waals surface area contributed by atoms with E-state index in [1.807, 2.05) is 16.9 Å². The molecule has 1 saturated heterocycles. The van der Waals surface area contributed by atoms with Gasteiger partial charge in [0.05, 0.1) is 12.1 Å². The van der Waals surface area contributed by atoms with Crippen molar-refractivity contribution in [3.63, 3.8) is 0 Å². The van der Waals surface area contributed by atoms with Crippen LogP contribution >= 0.6 is 0 Å². The molecule has 5 nitrogen and oxygen atoms in total. The minimum Gasteiger partial charge on any atom is -0.355 e. The van der Waals surface area contributed by atoms with E-state index in [1.165, 1.54) is 32.4 Å². The molecule has 5 heteroatoms. The molecule has 0 aliphatic carbocycles. The highest BCUT2D eigenvalue weighted by Crippen LogP contribution is 2.10. The number of nitrogens with one attached hydrogen (secondary N) is 1. The zero-order valence-corrected chi connectivity index (χ0v) is 14.2. The zero-order chi connectivity index (χ0) is 15.9. The zero-order valence-electron chi connectivity index (χ0n) is 14.2. The van der Waals surface area contributed by atoms with Gasteiger partial charge in [-0.05, 0) is 51.8 Å². The average molecular weight is 306 g/mol. The van der Waals surface area contributed by atoms with Gasteiger partial charge in [0.2, 0.25) is 5.91 Å². The van der Waals surface area contributed by atoms with Crippen LogP contribution in [0.5, 0.6) is 0 Å². The summed E-state index contributed by atoms with van der Waals surface area (Å²) >= 11 is 0. The van der Waals surface area contributed by atoms with Crippen LogP contribution in [0.1, 0.15) is 51.8 Å². The van der Waals surface area contributed by atoms with E-state index in [1.54, 1.807) is 0 Å². The van der Waals surface area contributed by atoms with Crippen LogP contribution in [0.4, 0.5) is 0 Å². The molecule has 1 aliphatic rings. The maximum atomic E-state index is 12.0. The normalized spacial score (nSPS) is 17.6. The highest BCUT2D eigenvalue weighted by molar-refractivity contribution is 5.78. The molecule has 0 radical (unpaired) electrons. The van der Waals surface area contributed by atoms with Crippen LogP contribution in [0.3, 0.4) is 0 Å². The molecule has 1 aromatic heterocycles. The Kier molecular flexibility index (Phi) is 6.43. The summed E-state index contributed by atoms with van der Waals surface area (Å²) in [5, 5.41) is 7.46. The number of hydrogen-bond donors (Lipinski definition) is 1. The molecule has 1 amide bonds. The quantitative estimate of drug-likeness (QED) is 0.840. The lowest BCUT2D eigenvalue weighted by molar-refractivity contribution is -0.120. The van der Waals surface area contributed by atoms with E-state index in [9.17, 15) is 4.79 Å². The lowest BCUT2D eigenvalue weighted by Gasteiger charge is -2.29. The van der Waals surface area contributed by atoms with E-state index in [4.69, 9.17) is 0 Å². The van der Waals surface area contributed by atoms with Gasteiger partial charge in [-0.2, -0.15) is 5.10 Å². The molecule has 1 fully saturated rings. The summed E-state index contributed by atoms with van der Waals surface area (Å²) in [5.74, 6) is 0.565. The number of amides is 1. The molecule has 1 N–H and O–H groups in total. The Labute approximate surface area is 134 Å². The smallest absolute Gasteiger partial charge is 0.226 e. The fraction of sp³-hybridized carbons (Fsp3) is 0.765. The van der Waals surface area contributed by atoms with E-state index in [0.29, 0.717) is 18.4 Å². The first-order valence-electron chi connectivity index (χ1n) is 8.57. The van der Waals surface area contributed by atoms with E-state index in [2.05, 4.69) is 36.1 Å². The van der Waals surface area contributed by atoms with Gasteiger partial charge in [0.25, 0.3) is 0 Å². The number of likely N-dealkylation sites (tertiary alicyclic amines) is 1. The molecule has 0 saturated carbocycles. The van der Waals surface area contributed by atoms with Crippen molar-refractivity contribution in [3.05, 3.63) is 18.0 Å². The van der Waals surface area contributed by atoms with Gasteiger partial charge in [-0.1, -0.05) is 13.3 Å². The minimum absolute atomic E-state index is 0.0690. The standard InChI is InChI=1S/C17H30N4O/c1-14(2)21-10-7-16(19-21)11-17(22)18-12-15(3)13-20-8-5-4-6-9-20/h7,10,14-15H,4-6,8-9,11-13H2,1-3H3,(H,18,22)/t15-/m1/s1. The average Bonchev–Trinajstić information content (AvgIpc) is 2.95. The van der Waals surface area contributed by atoms with E-state index in [0.717, 1.165) is 18.8 Å². The second kappa shape index (κ2) is 8.32. The Balaban J connectivity index is 1.67. The Morgan fingerprint density at radius 3 is 2.64 bits per heavy atom. The summed E-state index contributed by atoms with van der Waals surface area (Å²) in [6.07, 6.45) is 6.31. The van der Waals surface area contributed by atoms with Gasteiger partial charge in [0.1, 0.15) is 0 Å². The Hall–Kier alpha value is -1.36. The minimum atomic E-state index is 0.0690. The first-order valence-corrected chi connectivity index (χ1v) is 8.57. The van der Waals surface area contributed by atoms with Crippen LogP contribution in [0.25, 0.3) is 0 Å². The maximum absolute atomic E-state index is 12.0. The van der Waals surface area contributed by atoms with Crippen molar-refractivity contribution in [2.75, 3.05) is 26.2 Å². The van der Waals surface area contributed by atoms with Crippen molar-refractivity contribution in [1.29, 1.82) is 0 Å². The second-order valence-corrected chi connectivity index (χ2v) is 6.83. The summed E-state index contributed by atoms with van der Waals surface area (Å²) in [5.41, 5.74) is 0.842. The monoisotopic (exact) mass is 306 g/mol. The van der Waals surface area contributed by atoms with Crippen molar-refractivity contribution < 1.29 is 4.79 Å². The van der Waals surface area contributed by atoms with Crippen LogP contribution in [-0.2, 0) is 11.2 Å². The second-order valence-electron chi connectivity index (χ2n) is 6.83. The molecule has 2 rings (SSSR count). The predicted octanol–water partition coefficient (Wildman–Crippen LogP) is 2.24. The molecular weight excluding hydrogens is 276 g/mol. The fourth-order valence-corrected chi connectivity index (χ4v) is 2.92. The Bertz CT molecular complexity index is 463. The van der Waals surface area contributed by atoms with Gasteiger partial charge in [0.15, 0.2) is 0 Å². The van der Waals surface area contributed by atoms with Gasteiger partial charge < -0.3 is 10.2 Å². The van der Waals surface area contributed by atoms with Crippen molar-refractivity contribution in [1.82, 2.24) is 20.0 Å². The molecule has 2 heterocycles. The van der Waals surface area contributed by atoms with Gasteiger partial charge in [0, 0.05) is 25.3 Å². The van der Waals surface area contributed by atoms with Crippen LogP contribution in [0.15, 0.2) is 12.3 Å². The molecule has 0 unspecified atom stereocenters. The summed E-state index contributed by atoms with van der Waals surface area (Å²) in [7, 11) is 0. The lowest BCUT2D eigenvalue weighted by Crippen LogP contribution is -2.38. The highest BCUT2D eigenvalue weighted by Gasteiger charge is 2.14. The van der Waals surface area contributed by atoms with Crippen LogP contribution in [-0.4, -0.2) is 46.8 Å². The van der Waals surface area contributed by atoms with Crippen LogP contribution in [0, 0.1) is 5.92 Å². The highest BCUT2D eigenvalue weighted by atomic mass is 16.1. The number of aromatic nitrogens is 2. The predicted molar refractivity (Wildman–Crippen MR) is 88.8 cm³/mol. The third-order valence-electron chi connectivity index (χ3n) is 4.20. The summed E-state index contributed by atoms with van der Waals surface area (Å²) in [6, 6.07) is 2.26. The van der Waals surface area contributed by atoms with Crippen LogP contribution in [0.2, 0.25) is 0 Å². The van der Waals surface area contributed by atoms with Crippen molar-refractivity contribution in [2.24, 2.45) is 5.92 Å². The topological polar surface area (TPSA) is 50.2 Å². The first kappa shape index (κ1) is 17.0. The van der Waals surface area contributed by atoms with Gasteiger partial charge in [-0.3, -0.25) is 9.48 Å². The van der Waals surface area contributed by atoms with E-state index >= 15 is 0 Å². The third-order valence-corrected chi connectivity index (χ3v) is 4.20. The number of carbonyl (C=O) groups is 1. The molecule has 1 aromatic rings.